The zero-order chi connectivity index (χ0) is 14.5. The Balaban J connectivity index is 2.29. The van der Waals surface area contributed by atoms with Gasteiger partial charge in [-0.2, -0.15) is 0 Å². The van der Waals surface area contributed by atoms with Gasteiger partial charge < -0.3 is 15.7 Å². The van der Waals surface area contributed by atoms with Crippen LogP contribution in [0, 0.1) is 11.3 Å². The molecule has 0 aromatic rings. The van der Waals surface area contributed by atoms with Crippen LogP contribution < -0.4 is 10.6 Å². The standard InChI is InChI=1S/C14H26N2O3/c1-10(12(17)18)7-9-15-13(19)16-11-6-4-5-8-14(11,2)3/h10-11H,4-9H2,1-3H3,(H,17,18)(H2,15,16,19). The molecular formula is C14H26N2O3. The fraction of sp³-hybridized carbons (Fsp3) is 0.857. The van der Waals surface area contributed by atoms with Crippen LogP contribution in [-0.4, -0.2) is 29.7 Å². The van der Waals surface area contributed by atoms with E-state index in [-0.39, 0.29) is 17.5 Å². The molecule has 1 aliphatic carbocycles. The average molecular weight is 270 g/mol. The number of carbonyl (C=O) groups is 2. The van der Waals surface area contributed by atoms with Crippen molar-refractivity contribution < 1.29 is 14.7 Å². The van der Waals surface area contributed by atoms with Crippen LogP contribution in [0.15, 0.2) is 0 Å². The summed E-state index contributed by atoms with van der Waals surface area (Å²) in [4.78, 5) is 22.4. The second-order valence-electron chi connectivity index (χ2n) is 6.22. The first-order valence-corrected chi connectivity index (χ1v) is 7.10. The maximum Gasteiger partial charge on any atom is 0.315 e. The van der Waals surface area contributed by atoms with Gasteiger partial charge in [0.2, 0.25) is 0 Å². The van der Waals surface area contributed by atoms with Gasteiger partial charge in [0.1, 0.15) is 0 Å². The predicted octanol–water partition coefficient (Wildman–Crippen LogP) is 2.37. The smallest absolute Gasteiger partial charge is 0.315 e. The Morgan fingerprint density at radius 2 is 2.05 bits per heavy atom. The number of nitrogens with one attached hydrogen (secondary N) is 2. The van der Waals surface area contributed by atoms with Gasteiger partial charge in [-0.3, -0.25) is 4.79 Å². The number of rotatable bonds is 5. The van der Waals surface area contributed by atoms with E-state index < -0.39 is 11.9 Å². The molecular weight excluding hydrogens is 244 g/mol. The van der Waals surface area contributed by atoms with E-state index in [0.717, 1.165) is 19.3 Å². The molecule has 19 heavy (non-hydrogen) atoms. The Bertz CT molecular complexity index is 329. The highest BCUT2D eigenvalue weighted by atomic mass is 16.4. The van der Waals surface area contributed by atoms with Gasteiger partial charge in [-0.1, -0.05) is 33.6 Å². The molecule has 1 saturated carbocycles. The van der Waals surface area contributed by atoms with E-state index in [2.05, 4.69) is 24.5 Å². The first kappa shape index (κ1) is 15.8. The van der Waals surface area contributed by atoms with E-state index in [9.17, 15) is 9.59 Å². The number of aliphatic carboxylic acids is 1. The van der Waals surface area contributed by atoms with Crippen LogP contribution in [0.3, 0.4) is 0 Å². The molecule has 3 N–H and O–H groups in total. The molecule has 2 unspecified atom stereocenters. The van der Waals surface area contributed by atoms with Crippen molar-refractivity contribution in [2.75, 3.05) is 6.54 Å². The van der Waals surface area contributed by atoms with E-state index in [1.54, 1.807) is 6.92 Å². The molecule has 0 aliphatic heterocycles. The first-order chi connectivity index (χ1) is 8.83. The number of carboxylic acid groups (broad SMARTS) is 1. The molecule has 110 valence electrons. The predicted molar refractivity (Wildman–Crippen MR) is 74.0 cm³/mol. The quantitative estimate of drug-likeness (QED) is 0.717. The lowest BCUT2D eigenvalue weighted by Crippen LogP contribution is -2.50. The lowest BCUT2D eigenvalue weighted by molar-refractivity contribution is -0.141. The Labute approximate surface area is 115 Å². The molecule has 1 rings (SSSR count). The summed E-state index contributed by atoms with van der Waals surface area (Å²) < 4.78 is 0. The van der Waals surface area contributed by atoms with Crippen LogP contribution in [0.4, 0.5) is 4.79 Å². The minimum absolute atomic E-state index is 0.143. The number of hydrogen-bond acceptors (Lipinski definition) is 2. The van der Waals surface area contributed by atoms with Crippen molar-refractivity contribution in [3.05, 3.63) is 0 Å². The van der Waals surface area contributed by atoms with Crippen molar-refractivity contribution in [3.63, 3.8) is 0 Å². The number of amides is 2. The van der Waals surface area contributed by atoms with E-state index in [0.29, 0.717) is 13.0 Å². The van der Waals surface area contributed by atoms with Crippen LogP contribution in [0.1, 0.15) is 52.9 Å². The number of urea groups is 1. The molecule has 0 heterocycles. The summed E-state index contributed by atoms with van der Waals surface area (Å²) >= 11 is 0. The monoisotopic (exact) mass is 270 g/mol. The zero-order valence-corrected chi connectivity index (χ0v) is 12.2. The normalized spacial score (nSPS) is 23.4. The topological polar surface area (TPSA) is 78.4 Å². The van der Waals surface area contributed by atoms with Crippen molar-refractivity contribution in [2.24, 2.45) is 11.3 Å². The van der Waals surface area contributed by atoms with Gasteiger partial charge in [0.05, 0.1) is 5.92 Å². The second-order valence-corrected chi connectivity index (χ2v) is 6.22. The summed E-state index contributed by atoms with van der Waals surface area (Å²) in [5.74, 6) is -1.25. The summed E-state index contributed by atoms with van der Waals surface area (Å²) in [6.45, 7) is 6.41. The highest BCUT2D eigenvalue weighted by Gasteiger charge is 2.33. The molecule has 2 amide bonds. The van der Waals surface area contributed by atoms with Gasteiger partial charge in [-0.15, -0.1) is 0 Å². The highest BCUT2D eigenvalue weighted by Crippen LogP contribution is 2.35. The average Bonchev–Trinajstić information content (AvgIpc) is 2.31. The fourth-order valence-electron chi connectivity index (χ4n) is 2.50. The van der Waals surface area contributed by atoms with Crippen molar-refractivity contribution in [2.45, 2.75) is 58.9 Å². The third-order valence-electron chi connectivity index (χ3n) is 4.10. The van der Waals surface area contributed by atoms with Gasteiger partial charge in [-0.05, 0) is 24.7 Å². The second kappa shape index (κ2) is 6.78. The van der Waals surface area contributed by atoms with Crippen LogP contribution >= 0.6 is 0 Å². The lowest BCUT2D eigenvalue weighted by atomic mass is 9.73. The Morgan fingerprint density at radius 3 is 2.63 bits per heavy atom. The van der Waals surface area contributed by atoms with Gasteiger partial charge in [0.25, 0.3) is 0 Å². The molecule has 0 radical (unpaired) electrons. The van der Waals surface area contributed by atoms with Gasteiger partial charge in [0.15, 0.2) is 0 Å². The lowest BCUT2D eigenvalue weighted by Gasteiger charge is -2.38. The summed E-state index contributed by atoms with van der Waals surface area (Å²) in [7, 11) is 0. The van der Waals surface area contributed by atoms with E-state index in [1.807, 2.05) is 0 Å². The highest BCUT2D eigenvalue weighted by molar-refractivity contribution is 5.74. The third kappa shape index (κ3) is 5.09. The zero-order valence-electron chi connectivity index (χ0n) is 12.2. The molecule has 5 heteroatoms. The van der Waals surface area contributed by atoms with Crippen LogP contribution in [0.2, 0.25) is 0 Å². The maximum absolute atomic E-state index is 11.8. The fourth-order valence-corrected chi connectivity index (χ4v) is 2.50. The summed E-state index contributed by atoms with van der Waals surface area (Å²) in [5, 5.41) is 14.5. The first-order valence-electron chi connectivity index (χ1n) is 7.10. The molecule has 1 aliphatic rings. The van der Waals surface area contributed by atoms with Crippen molar-refractivity contribution >= 4 is 12.0 Å². The maximum atomic E-state index is 11.8. The van der Waals surface area contributed by atoms with Crippen LogP contribution in [0.5, 0.6) is 0 Å². The van der Waals surface area contributed by atoms with Crippen molar-refractivity contribution in [1.29, 1.82) is 0 Å². The Hall–Kier alpha value is -1.26. The minimum Gasteiger partial charge on any atom is -0.481 e. The molecule has 0 spiro atoms. The van der Waals surface area contributed by atoms with Crippen LogP contribution in [-0.2, 0) is 4.79 Å². The number of carbonyl (C=O) groups excluding carboxylic acids is 1. The van der Waals surface area contributed by atoms with E-state index >= 15 is 0 Å². The summed E-state index contributed by atoms with van der Waals surface area (Å²) in [5.41, 5.74) is 0.143. The molecule has 0 aromatic carbocycles. The molecule has 0 bridgehead atoms. The van der Waals surface area contributed by atoms with Crippen molar-refractivity contribution in [3.8, 4) is 0 Å². The summed E-state index contributed by atoms with van der Waals surface area (Å²) in [6.07, 6.45) is 4.99. The summed E-state index contributed by atoms with van der Waals surface area (Å²) in [6, 6.07) is 0.0238. The Morgan fingerprint density at radius 1 is 1.37 bits per heavy atom. The molecule has 0 saturated heterocycles. The number of carboxylic acids is 1. The van der Waals surface area contributed by atoms with Crippen LogP contribution in [0.25, 0.3) is 0 Å². The van der Waals surface area contributed by atoms with Gasteiger partial charge in [0, 0.05) is 12.6 Å². The van der Waals surface area contributed by atoms with Crippen molar-refractivity contribution in [1.82, 2.24) is 10.6 Å². The molecule has 5 nitrogen and oxygen atoms in total. The molecule has 2 atom stereocenters. The minimum atomic E-state index is -0.823. The SMILES string of the molecule is CC(CCNC(=O)NC1CCCCC1(C)C)C(=O)O. The Kier molecular flexibility index (Phi) is 5.63. The third-order valence-corrected chi connectivity index (χ3v) is 4.10. The van der Waals surface area contributed by atoms with E-state index in [1.165, 1.54) is 6.42 Å². The van der Waals surface area contributed by atoms with Gasteiger partial charge >= 0.3 is 12.0 Å². The molecule has 1 fully saturated rings. The number of hydrogen-bond donors (Lipinski definition) is 3. The van der Waals surface area contributed by atoms with E-state index in [4.69, 9.17) is 5.11 Å². The molecule has 0 aromatic heterocycles. The van der Waals surface area contributed by atoms with Gasteiger partial charge in [-0.25, -0.2) is 4.79 Å². The largest absolute Gasteiger partial charge is 0.481 e.